The predicted molar refractivity (Wildman–Crippen MR) is 70.1 cm³/mol. The second-order valence-electron chi connectivity index (χ2n) is 3.92. The van der Waals surface area contributed by atoms with Crippen LogP contribution in [0.15, 0.2) is 30.6 Å². The van der Waals surface area contributed by atoms with E-state index in [0.29, 0.717) is 12.5 Å². The maximum Gasteiger partial charge on any atom is 0.127 e. The Morgan fingerprint density at radius 2 is 2.22 bits per heavy atom. The molecule has 0 aliphatic heterocycles. The molecule has 18 heavy (non-hydrogen) atoms. The van der Waals surface area contributed by atoms with Crippen LogP contribution < -0.4 is 9.47 Å². The molecule has 0 saturated heterocycles. The average molecular weight is 267 g/mol. The van der Waals surface area contributed by atoms with E-state index in [0.717, 1.165) is 22.6 Å². The first-order chi connectivity index (χ1) is 8.72. The highest BCUT2D eigenvalue weighted by molar-refractivity contribution is 6.17. The highest BCUT2D eigenvalue weighted by atomic mass is 35.5. The first-order valence-corrected chi connectivity index (χ1v) is 6.09. The van der Waals surface area contributed by atoms with Gasteiger partial charge in [0.25, 0.3) is 0 Å². The van der Waals surface area contributed by atoms with Crippen molar-refractivity contribution in [1.82, 2.24) is 9.78 Å². The fraction of sp³-hybridized carbons (Fsp3) is 0.308. The van der Waals surface area contributed by atoms with Crippen LogP contribution in [-0.4, -0.2) is 16.9 Å². The summed E-state index contributed by atoms with van der Waals surface area (Å²) in [6, 6.07) is 5.62. The Hall–Kier alpha value is -1.68. The molecule has 0 saturated carbocycles. The normalized spacial score (nSPS) is 10.4. The van der Waals surface area contributed by atoms with Gasteiger partial charge in [0.15, 0.2) is 0 Å². The molecule has 0 N–H and O–H groups in total. The summed E-state index contributed by atoms with van der Waals surface area (Å²) in [4.78, 5) is 0. The van der Waals surface area contributed by atoms with Crippen molar-refractivity contribution in [3.63, 3.8) is 0 Å². The van der Waals surface area contributed by atoms with E-state index in [-0.39, 0.29) is 0 Å². The lowest BCUT2D eigenvalue weighted by atomic mass is 10.2. The zero-order valence-corrected chi connectivity index (χ0v) is 11.1. The maximum atomic E-state index is 5.88. The molecule has 0 amide bonds. The van der Waals surface area contributed by atoms with Crippen molar-refractivity contribution in [3.8, 4) is 11.5 Å². The van der Waals surface area contributed by atoms with E-state index in [9.17, 15) is 0 Å². The minimum atomic E-state index is 0.409. The van der Waals surface area contributed by atoms with Crippen LogP contribution >= 0.6 is 11.6 Å². The van der Waals surface area contributed by atoms with Crippen LogP contribution in [0.5, 0.6) is 11.5 Å². The van der Waals surface area contributed by atoms with Crippen LogP contribution in [-0.2, 0) is 19.5 Å². The van der Waals surface area contributed by atoms with Gasteiger partial charge in [-0.05, 0) is 6.07 Å². The van der Waals surface area contributed by atoms with Crippen molar-refractivity contribution in [1.29, 1.82) is 0 Å². The van der Waals surface area contributed by atoms with Gasteiger partial charge in [0.05, 0.1) is 19.2 Å². The Balaban J connectivity index is 2.11. The fourth-order valence-electron chi connectivity index (χ4n) is 1.61. The lowest BCUT2D eigenvalue weighted by molar-refractivity contribution is 0.301. The molecule has 5 heteroatoms. The smallest absolute Gasteiger partial charge is 0.127 e. The maximum absolute atomic E-state index is 5.88. The third-order valence-electron chi connectivity index (χ3n) is 2.57. The summed E-state index contributed by atoms with van der Waals surface area (Å²) in [7, 11) is 3.50. The lowest BCUT2D eigenvalue weighted by Gasteiger charge is -2.10. The van der Waals surface area contributed by atoms with Gasteiger partial charge in [0, 0.05) is 30.4 Å². The molecular weight excluding hydrogens is 252 g/mol. The molecule has 0 fully saturated rings. The van der Waals surface area contributed by atoms with Gasteiger partial charge >= 0.3 is 0 Å². The molecule has 0 unspecified atom stereocenters. The summed E-state index contributed by atoms with van der Waals surface area (Å²) in [6.45, 7) is 0.463. The van der Waals surface area contributed by atoms with E-state index >= 15 is 0 Å². The Labute approximate surface area is 111 Å². The number of halogens is 1. The number of ether oxygens (including phenoxy) is 2. The summed E-state index contributed by atoms with van der Waals surface area (Å²) in [6.07, 6.45) is 3.70. The minimum Gasteiger partial charge on any atom is -0.497 e. The average Bonchev–Trinajstić information content (AvgIpc) is 2.81. The van der Waals surface area contributed by atoms with Gasteiger partial charge in [-0.25, -0.2) is 0 Å². The first kappa shape index (κ1) is 12.8. The topological polar surface area (TPSA) is 36.3 Å². The summed E-state index contributed by atoms with van der Waals surface area (Å²) in [5.74, 6) is 1.91. The number of aryl methyl sites for hydroxylation is 1. The van der Waals surface area contributed by atoms with Crippen molar-refractivity contribution in [2.75, 3.05) is 7.11 Å². The summed E-state index contributed by atoms with van der Waals surface area (Å²) >= 11 is 5.88. The molecule has 4 nitrogen and oxygen atoms in total. The number of hydrogen-bond donors (Lipinski definition) is 0. The summed E-state index contributed by atoms with van der Waals surface area (Å²) in [5, 5.41) is 4.09. The van der Waals surface area contributed by atoms with Crippen molar-refractivity contribution >= 4 is 11.6 Å². The lowest BCUT2D eigenvalue weighted by Crippen LogP contribution is -1.98. The van der Waals surface area contributed by atoms with Gasteiger partial charge in [-0.15, -0.1) is 11.6 Å². The zero-order chi connectivity index (χ0) is 13.0. The number of alkyl halides is 1. The van der Waals surface area contributed by atoms with Gasteiger partial charge in [0.2, 0.25) is 0 Å². The number of nitrogens with zero attached hydrogens (tertiary/aromatic N) is 2. The molecule has 0 aliphatic rings. The van der Waals surface area contributed by atoms with Gasteiger partial charge in [-0.1, -0.05) is 6.07 Å². The predicted octanol–water partition coefficient (Wildman–Crippen LogP) is 2.75. The number of methoxy groups -OCH3 is 1. The van der Waals surface area contributed by atoms with Crippen LogP contribution in [0.3, 0.4) is 0 Å². The van der Waals surface area contributed by atoms with E-state index in [2.05, 4.69) is 5.10 Å². The van der Waals surface area contributed by atoms with Crippen molar-refractivity contribution in [2.45, 2.75) is 12.5 Å². The Bertz CT molecular complexity index is 525. The van der Waals surface area contributed by atoms with Gasteiger partial charge < -0.3 is 9.47 Å². The number of rotatable bonds is 5. The van der Waals surface area contributed by atoms with Gasteiger partial charge in [-0.3, -0.25) is 4.68 Å². The SMILES string of the molecule is COc1ccc(CCl)c(OCc2cnn(C)c2)c1. The Kier molecular flexibility index (Phi) is 4.10. The molecule has 0 bridgehead atoms. The molecule has 0 atom stereocenters. The molecule has 96 valence electrons. The highest BCUT2D eigenvalue weighted by Crippen LogP contribution is 2.26. The van der Waals surface area contributed by atoms with Crippen LogP contribution in [0.25, 0.3) is 0 Å². The molecule has 2 rings (SSSR count). The standard InChI is InChI=1S/C13H15ClN2O2/c1-16-8-10(7-15-16)9-18-13-5-12(17-2)4-3-11(13)6-14/h3-5,7-8H,6,9H2,1-2H3. The van der Waals surface area contributed by atoms with E-state index in [4.69, 9.17) is 21.1 Å². The monoisotopic (exact) mass is 266 g/mol. The van der Waals surface area contributed by atoms with Crippen LogP contribution in [0.4, 0.5) is 0 Å². The quantitative estimate of drug-likeness (QED) is 0.781. The second-order valence-corrected chi connectivity index (χ2v) is 4.19. The van der Waals surface area contributed by atoms with Crippen LogP contribution in [0.2, 0.25) is 0 Å². The number of aromatic nitrogens is 2. The highest BCUT2D eigenvalue weighted by Gasteiger charge is 2.06. The Morgan fingerprint density at radius 1 is 1.39 bits per heavy atom. The molecule has 0 radical (unpaired) electrons. The molecular formula is C13H15ClN2O2. The van der Waals surface area contributed by atoms with Crippen molar-refractivity contribution in [3.05, 3.63) is 41.7 Å². The third-order valence-corrected chi connectivity index (χ3v) is 2.86. The Morgan fingerprint density at radius 3 is 2.83 bits per heavy atom. The summed E-state index contributed by atoms with van der Waals surface area (Å²) in [5.41, 5.74) is 1.96. The van der Waals surface area contributed by atoms with Crippen LogP contribution in [0.1, 0.15) is 11.1 Å². The second kappa shape index (κ2) is 5.78. The zero-order valence-electron chi connectivity index (χ0n) is 10.4. The molecule has 0 spiro atoms. The van der Waals surface area contributed by atoms with Gasteiger partial charge in [0.1, 0.15) is 18.1 Å². The van der Waals surface area contributed by atoms with Crippen LogP contribution in [0, 0.1) is 0 Å². The molecule has 0 aliphatic carbocycles. The van der Waals surface area contributed by atoms with E-state index < -0.39 is 0 Å². The van der Waals surface area contributed by atoms with Crippen molar-refractivity contribution < 1.29 is 9.47 Å². The van der Waals surface area contributed by atoms with E-state index in [1.54, 1.807) is 18.0 Å². The van der Waals surface area contributed by atoms with E-state index in [1.165, 1.54) is 0 Å². The van der Waals surface area contributed by atoms with Crippen molar-refractivity contribution in [2.24, 2.45) is 7.05 Å². The number of hydrogen-bond acceptors (Lipinski definition) is 3. The third kappa shape index (κ3) is 2.96. The van der Waals surface area contributed by atoms with Gasteiger partial charge in [-0.2, -0.15) is 5.10 Å². The summed E-state index contributed by atoms with van der Waals surface area (Å²) < 4.78 is 12.7. The minimum absolute atomic E-state index is 0.409. The van der Waals surface area contributed by atoms with E-state index in [1.807, 2.05) is 31.4 Å². The molecule has 1 aromatic carbocycles. The molecule has 1 heterocycles. The number of benzene rings is 1. The largest absolute Gasteiger partial charge is 0.497 e. The molecule has 1 aromatic heterocycles. The molecule has 2 aromatic rings. The fourth-order valence-corrected chi connectivity index (χ4v) is 1.83. The first-order valence-electron chi connectivity index (χ1n) is 5.56.